The van der Waals surface area contributed by atoms with Crippen LogP contribution in [-0.2, 0) is 24.4 Å². The molecule has 2 aromatic rings. The number of carbonyl (C=O) groups excluding carboxylic acids is 1. The van der Waals surface area contributed by atoms with Crippen molar-refractivity contribution in [1.82, 2.24) is 24.8 Å². The number of thiophene rings is 1. The fourth-order valence-electron chi connectivity index (χ4n) is 4.38. The normalized spacial score (nSPS) is 21.8. The Morgan fingerprint density at radius 2 is 2.23 bits per heavy atom. The number of aryl methyl sites for hydroxylation is 1. The van der Waals surface area contributed by atoms with Gasteiger partial charge in [-0.15, -0.1) is 5.10 Å². The van der Waals surface area contributed by atoms with E-state index < -0.39 is 0 Å². The van der Waals surface area contributed by atoms with Crippen LogP contribution in [0.4, 0.5) is 0 Å². The number of hydrogen-bond acceptors (Lipinski definition) is 5. The summed E-state index contributed by atoms with van der Waals surface area (Å²) in [5.74, 6) is 0.207. The third-order valence-electron chi connectivity index (χ3n) is 6.10. The molecular formula is C19H27N5OS. The van der Waals surface area contributed by atoms with Gasteiger partial charge in [-0.3, -0.25) is 9.69 Å². The van der Waals surface area contributed by atoms with Crippen molar-refractivity contribution in [2.75, 3.05) is 13.1 Å². The number of likely N-dealkylation sites (tertiary alicyclic amines) is 1. The summed E-state index contributed by atoms with van der Waals surface area (Å²) in [6, 6.07) is 2.55. The molecule has 2 aliphatic rings. The maximum atomic E-state index is 12.2. The predicted octanol–water partition coefficient (Wildman–Crippen LogP) is 2.76. The van der Waals surface area contributed by atoms with E-state index in [1.165, 1.54) is 30.5 Å². The van der Waals surface area contributed by atoms with E-state index in [0.717, 1.165) is 32.7 Å². The first-order valence-electron chi connectivity index (χ1n) is 9.49. The van der Waals surface area contributed by atoms with Gasteiger partial charge in [-0.25, -0.2) is 4.68 Å². The van der Waals surface area contributed by atoms with Crippen LogP contribution >= 0.6 is 11.3 Å². The second kappa shape index (κ2) is 7.12. The van der Waals surface area contributed by atoms with Crippen LogP contribution in [0.25, 0.3) is 0 Å². The lowest BCUT2D eigenvalue weighted by Crippen LogP contribution is -2.40. The molecular weight excluding hydrogens is 346 g/mol. The highest BCUT2D eigenvalue weighted by Crippen LogP contribution is 2.57. The van der Waals surface area contributed by atoms with Gasteiger partial charge in [0.2, 0.25) is 5.91 Å². The first-order valence-corrected chi connectivity index (χ1v) is 10.4. The van der Waals surface area contributed by atoms with Crippen LogP contribution in [0.2, 0.25) is 0 Å². The van der Waals surface area contributed by atoms with E-state index in [1.54, 1.807) is 18.3 Å². The molecule has 2 fully saturated rings. The molecule has 1 saturated heterocycles. The second-order valence-corrected chi connectivity index (χ2v) is 8.46. The molecule has 1 atom stereocenters. The van der Waals surface area contributed by atoms with E-state index in [4.69, 9.17) is 0 Å². The Balaban J connectivity index is 1.35. The highest BCUT2D eigenvalue weighted by atomic mass is 32.1. The highest BCUT2D eigenvalue weighted by Gasteiger charge is 2.58. The van der Waals surface area contributed by atoms with Crippen LogP contribution in [0, 0.1) is 5.41 Å². The Kier molecular flexibility index (Phi) is 4.84. The van der Waals surface area contributed by atoms with E-state index in [1.807, 2.05) is 10.9 Å². The molecule has 1 spiro atoms. The van der Waals surface area contributed by atoms with E-state index in [-0.39, 0.29) is 5.91 Å². The van der Waals surface area contributed by atoms with Crippen LogP contribution < -0.4 is 0 Å². The molecule has 7 heteroatoms. The van der Waals surface area contributed by atoms with E-state index in [0.29, 0.717) is 11.5 Å². The molecule has 6 nitrogen and oxygen atoms in total. The molecule has 1 aliphatic heterocycles. The number of piperidine rings is 1. The standard InChI is InChI=1S/C19H27N5OS/c1-3-24-17(11-20-21-24)13-22-7-5-19(6-8-22)10-18(19)23(15(2)25)12-16-4-9-26-14-16/h4,9,11,14,18H,3,5-8,10,12-13H2,1-2H3. The van der Waals surface area contributed by atoms with Gasteiger partial charge >= 0.3 is 0 Å². The summed E-state index contributed by atoms with van der Waals surface area (Å²) < 4.78 is 1.97. The lowest BCUT2D eigenvalue weighted by atomic mass is 9.92. The third kappa shape index (κ3) is 3.42. The summed E-state index contributed by atoms with van der Waals surface area (Å²) in [6.07, 6.45) is 5.41. The minimum absolute atomic E-state index is 0.207. The molecule has 0 bridgehead atoms. The van der Waals surface area contributed by atoms with Crippen LogP contribution in [0.15, 0.2) is 23.0 Å². The number of rotatable bonds is 6. The Morgan fingerprint density at radius 3 is 2.88 bits per heavy atom. The summed E-state index contributed by atoms with van der Waals surface area (Å²) in [4.78, 5) is 16.8. The molecule has 3 heterocycles. The van der Waals surface area contributed by atoms with Gasteiger partial charge in [-0.05, 0) is 67.1 Å². The lowest BCUT2D eigenvalue weighted by molar-refractivity contribution is -0.130. The van der Waals surface area contributed by atoms with Crippen molar-refractivity contribution >= 4 is 17.2 Å². The maximum Gasteiger partial charge on any atom is 0.220 e. The zero-order chi connectivity index (χ0) is 18.1. The summed E-state index contributed by atoms with van der Waals surface area (Å²) in [5, 5.41) is 12.4. The average molecular weight is 374 g/mol. The third-order valence-corrected chi connectivity index (χ3v) is 6.83. The molecule has 1 aliphatic carbocycles. The SMILES string of the molecule is CCn1nncc1CN1CCC2(CC1)CC2N(Cc1ccsc1)C(C)=O. The van der Waals surface area contributed by atoms with Crippen molar-refractivity contribution in [3.63, 3.8) is 0 Å². The highest BCUT2D eigenvalue weighted by molar-refractivity contribution is 7.07. The molecule has 2 aromatic heterocycles. The molecule has 0 aromatic carbocycles. The Bertz CT molecular complexity index is 748. The molecule has 1 saturated carbocycles. The molecule has 0 N–H and O–H groups in total. The monoisotopic (exact) mass is 373 g/mol. The zero-order valence-electron chi connectivity index (χ0n) is 15.6. The van der Waals surface area contributed by atoms with Crippen molar-refractivity contribution < 1.29 is 4.79 Å². The number of nitrogens with zero attached hydrogens (tertiary/aromatic N) is 5. The van der Waals surface area contributed by atoms with Crippen molar-refractivity contribution in [2.45, 2.75) is 58.8 Å². The predicted molar refractivity (Wildman–Crippen MR) is 102 cm³/mol. The quantitative estimate of drug-likeness (QED) is 0.781. The first-order chi connectivity index (χ1) is 12.6. The molecule has 140 valence electrons. The topological polar surface area (TPSA) is 54.3 Å². The fourth-order valence-corrected chi connectivity index (χ4v) is 5.04. The second-order valence-electron chi connectivity index (χ2n) is 7.68. The van der Waals surface area contributed by atoms with E-state index >= 15 is 0 Å². The number of carbonyl (C=O) groups is 1. The largest absolute Gasteiger partial charge is 0.335 e. The average Bonchev–Trinajstić information content (AvgIpc) is 3.01. The van der Waals surface area contributed by atoms with Gasteiger partial charge in [0.1, 0.15) is 0 Å². The Morgan fingerprint density at radius 1 is 1.42 bits per heavy atom. The fraction of sp³-hybridized carbons (Fsp3) is 0.632. The van der Waals surface area contributed by atoms with Crippen molar-refractivity contribution in [1.29, 1.82) is 0 Å². The smallest absolute Gasteiger partial charge is 0.220 e. The molecule has 26 heavy (non-hydrogen) atoms. The minimum Gasteiger partial charge on any atom is -0.335 e. The lowest BCUT2D eigenvalue weighted by Gasteiger charge is -2.34. The number of hydrogen-bond donors (Lipinski definition) is 0. The van der Waals surface area contributed by atoms with Crippen molar-refractivity contribution in [3.8, 4) is 0 Å². The maximum absolute atomic E-state index is 12.2. The number of aromatic nitrogens is 3. The van der Waals surface area contributed by atoms with Crippen LogP contribution in [-0.4, -0.2) is 49.8 Å². The van der Waals surface area contributed by atoms with Crippen molar-refractivity contribution in [3.05, 3.63) is 34.3 Å². The van der Waals surface area contributed by atoms with Gasteiger partial charge in [0.05, 0.1) is 11.9 Å². The van der Waals surface area contributed by atoms with Gasteiger partial charge in [-0.1, -0.05) is 5.21 Å². The van der Waals surface area contributed by atoms with Crippen molar-refractivity contribution in [2.24, 2.45) is 5.41 Å². The van der Waals surface area contributed by atoms with Gasteiger partial charge in [0.25, 0.3) is 0 Å². The van der Waals surface area contributed by atoms with Gasteiger partial charge < -0.3 is 4.90 Å². The first kappa shape index (κ1) is 17.7. The van der Waals surface area contributed by atoms with Crippen LogP contribution in [0.1, 0.15) is 44.4 Å². The van der Waals surface area contributed by atoms with E-state index in [2.05, 4.69) is 43.9 Å². The molecule has 0 radical (unpaired) electrons. The summed E-state index contributed by atoms with van der Waals surface area (Å²) in [7, 11) is 0. The number of amides is 1. The summed E-state index contributed by atoms with van der Waals surface area (Å²) in [5.41, 5.74) is 2.80. The molecule has 4 rings (SSSR count). The molecule has 1 unspecified atom stereocenters. The van der Waals surface area contributed by atoms with E-state index in [9.17, 15) is 4.79 Å². The Labute approximate surface area is 158 Å². The minimum atomic E-state index is 0.207. The van der Waals surface area contributed by atoms with Gasteiger partial charge in [-0.2, -0.15) is 11.3 Å². The van der Waals surface area contributed by atoms with Crippen LogP contribution in [0.5, 0.6) is 0 Å². The molecule has 1 amide bonds. The van der Waals surface area contributed by atoms with Gasteiger partial charge in [0, 0.05) is 32.6 Å². The zero-order valence-corrected chi connectivity index (χ0v) is 16.4. The van der Waals surface area contributed by atoms with Crippen LogP contribution in [0.3, 0.4) is 0 Å². The Hall–Kier alpha value is -1.73. The van der Waals surface area contributed by atoms with Gasteiger partial charge in [0.15, 0.2) is 0 Å². The summed E-state index contributed by atoms with van der Waals surface area (Å²) in [6.45, 7) is 8.55. The summed E-state index contributed by atoms with van der Waals surface area (Å²) >= 11 is 1.70.